The minimum absolute atomic E-state index is 0.295. The Labute approximate surface area is 108 Å². The molecular weight excluding hydrogens is 289 g/mol. The van der Waals surface area contributed by atoms with E-state index in [0.717, 1.165) is 0 Å². The van der Waals surface area contributed by atoms with Crippen LogP contribution >= 0.6 is 15.9 Å². The largest absolute Gasteiger partial charge is 0.469 e. The van der Waals surface area contributed by atoms with Gasteiger partial charge in [-0.05, 0) is 26.0 Å². The molecule has 0 saturated heterocycles. The molecule has 94 valence electrons. The molecule has 2 N–H and O–H groups in total. The first-order valence-electron chi connectivity index (χ1n) is 5.09. The first-order valence-corrected chi connectivity index (χ1v) is 5.89. The van der Waals surface area contributed by atoms with Crippen molar-refractivity contribution in [2.75, 3.05) is 7.11 Å². The fraction of sp³-hybridized carbons (Fsp3) is 0.417. The van der Waals surface area contributed by atoms with Crippen molar-refractivity contribution < 1.29 is 13.9 Å². The van der Waals surface area contributed by atoms with Crippen molar-refractivity contribution >= 4 is 21.9 Å². The standard InChI is InChI=1S/C12H15BrFNO2/c1-12(2,11(16)17-3)10(15)8-5-4-7(13)6-9(8)14/h4-6,10H,15H2,1-3H3/t10-/m0/s1. The van der Waals surface area contributed by atoms with Gasteiger partial charge in [0.1, 0.15) is 5.82 Å². The Bertz CT molecular complexity index is 435. The highest BCUT2D eigenvalue weighted by Crippen LogP contribution is 2.34. The molecule has 0 spiro atoms. The molecule has 0 aliphatic carbocycles. The molecule has 0 unspecified atom stereocenters. The average Bonchev–Trinajstić information content (AvgIpc) is 2.27. The molecule has 17 heavy (non-hydrogen) atoms. The molecule has 1 atom stereocenters. The normalized spacial score (nSPS) is 13.3. The van der Waals surface area contributed by atoms with Gasteiger partial charge in [-0.25, -0.2) is 4.39 Å². The number of hydrogen-bond acceptors (Lipinski definition) is 3. The molecule has 3 nitrogen and oxygen atoms in total. The predicted octanol–water partition coefficient (Wildman–Crippen LogP) is 2.79. The highest BCUT2D eigenvalue weighted by Gasteiger charge is 2.37. The van der Waals surface area contributed by atoms with Crippen molar-refractivity contribution in [2.45, 2.75) is 19.9 Å². The van der Waals surface area contributed by atoms with Crippen LogP contribution in [0.2, 0.25) is 0 Å². The predicted molar refractivity (Wildman–Crippen MR) is 66.8 cm³/mol. The van der Waals surface area contributed by atoms with Crippen LogP contribution in [0.15, 0.2) is 22.7 Å². The van der Waals surface area contributed by atoms with Crippen molar-refractivity contribution in [3.05, 3.63) is 34.1 Å². The molecule has 0 aliphatic rings. The first-order chi connectivity index (χ1) is 7.80. The van der Waals surface area contributed by atoms with E-state index in [4.69, 9.17) is 5.73 Å². The number of benzene rings is 1. The van der Waals surface area contributed by atoms with Gasteiger partial charge in [-0.2, -0.15) is 0 Å². The van der Waals surface area contributed by atoms with Gasteiger partial charge >= 0.3 is 5.97 Å². The second-order valence-corrected chi connectivity index (χ2v) is 5.27. The maximum absolute atomic E-state index is 13.7. The smallest absolute Gasteiger partial charge is 0.313 e. The summed E-state index contributed by atoms with van der Waals surface area (Å²) < 4.78 is 19.0. The lowest BCUT2D eigenvalue weighted by Crippen LogP contribution is -2.37. The van der Waals surface area contributed by atoms with Gasteiger partial charge < -0.3 is 10.5 Å². The van der Waals surface area contributed by atoms with Gasteiger partial charge in [0.25, 0.3) is 0 Å². The zero-order valence-electron chi connectivity index (χ0n) is 9.96. The fourth-order valence-electron chi connectivity index (χ4n) is 1.53. The van der Waals surface area contributed by atoms with Gasteiger partial charge in [0.05, 0.1) is 12.5 Å². The number of carbonyl (C=O) groups is 1. The number of ether oxygens (including phenoxy) is 1. The summed E-state index contributed by atoms with van der Waals surface area (Å²) in [7, 11) is 1.29. The monoisotopic (exact) mass is 303 g/mol. The number of hydrogen-bond donors (Lipinski definition) is 1. The molecule has 0 radical (unpaired) electrons. The molecule has 5 heteroatoms. The van der Waals surface area contributed by atoms with Gasteiger partial charge in [-0.3, -0.25) is 4.79 Å². The van der Waals surface area contributed by atoms with E-state index in [2.05, 4.69) is 20.7 Å². The Morgan fingerprint density at radius 3 is 2.59 bits per heavy atom. The maximum Gasteiger partial charge on any atom is 0.313 e. The van der Waals surface area contributed by atoms with Crippen LogP contribution in [0.5, 0.6) is 0 Å². The number of carbonyl (C=O) groups excluding carboxylic acids is 1. The van der Waals surface area contributed by atoms with E-state index in [0.29, 0.717) is 10.0 Å². The van der Waals surface area contributed by atoms with E-state index in [-0.39, 0.29) is 0 Å². The lowest BCUT2D eigenvalue weighted by atomic mass is 9.81. The Hall–Kier alpha value is -0.940. The first kappa shape index (κ1) is 14.1. The third kappa shape index (κ3) is 2.84. The lowest BCUT2D eigenvalue weighted by molar-refractivity contribution is -0.152. The Morgan fingerprint density at radius 2 is 2.12 bits per heavy atom. The molecule has 1 aromatic carbocycles. The topological polar surface area (TPSA) is 52.3 Å². The van der Waals surface area contributed by atoms with Gasteiger partial charge in [0.2, 0.25) is 0 Å². The van der Waals surface area contributed by atoms with Crippen LogP contribution in [-0.2, 0) is 9.53 Å². The molecule has 0 saturated carbocycles. The van der Waals surface area contributed by atoms with Crippen LogP contribution < -0.4 is 5.73 Å². The molecular formula is C12H15BrFNO2. The fourth-order valence-corrected chi connectivity index (χ4v) is 1.87. The number of methoxy groups -OCH3 is 1. The molecule has 0 aromatic heterocycles. The molecule has 1 aromatic rings. The Kier molecular flexibility index (Phi) is 4.27. The van der Waals surface area contributed by atoms with Crippen LogP contribution in [0.1, 0.15) is 25.5 Å². The SMILES string of the molecule is COC(=O)C(C)(C)[C@@H](N)c1ccc(Br)cc1F. The van der Waals surface area contributed by atoms with Crippen molar-refractivity contribution in [3.8, 4) is 0 Å². The third-order valence-corrected chi connectivity index (χ3v) is 3.28. The van der Waals surface area contributed by atoms with E-state index in [9.17, 15) is 9.18 Å². The molecule has 0 amide bonds. The highest BCUT2D eigenvalue weighted by molar-refractivity contribution is 9.10. The minimum atomic E-state index is -0.983. The molecule has 1 rings (SSSR count). The van der Waals surface area contributed by atoms with E-state index < -0.39 is 23.2 Å². The molecule has 0 heterocycles. The number of nitrogens with two attached hydrogens (primary N) is 1. The van der Waals surface area contributed by atoms with E-state index >= 15 is 0 Å². The van der Waals surface area contributed by atoms with Gasteiger partial charge in [0, 0.05) is 16.1 Å². The van der Waals surface area contributed by atoms with Gasteiger partial charge in [-0.15, -0.1) is 0 Å². The average molecular weight is 304 g/mol. The summed E-state index contributed by atoms with van der Waals surface area (Å²) in [5, 5.41) is 0. The molecule has 0 fully saturated rings. The zero-order valence-corrected chi connectivity index (χ0v) is 11.5. The summed E-state index contributed by atoms with van der Waals surface area (Å²) in [6.07, 6.45) is 0. The third-order valence-electron chi connectivity index (χ3n) is 2.79. The van der Waals surface area contributed by atoms with Crippen LogP contribution in [0.3, 0.4) is 0 Å². The number of halogens is 2. The summed E-state index contributed by atoms with van der Waals surface area (Å²) in [4.78, 5) is 11.6. The number of rotatable bonds is 3. The quantitative estimate of drug-likeness (QED) is 0.874. The summed E-state index contributed by atoms with van der Waals surface area (Å²) in [6, 6.07) is 3.81. The second-order valence-electron chi connectivity index (χ2n) is 4.36. The van der Waals surface area contributed by atoms with E-state index in [1.165, 1.54) is 13.2 Å². The second kappa shape index (κ2) is 5.14. The van der Waals surface area contributed by atoms with Crippen molar-refractivity contribution in [1.29, 1.82) is 0 Å². The Morgan fingerprint density at radius 1 is 1.53 bits per heavy atom. The van der Waals surface area contributed by atoms with Gasteiger partial charge in [-0.1, -0.05) is 22.0 Å². The van der Waals surface area contributed by atoms with Crippen LogP contribution in [-0.4, -0.2) is 13.1 Å². The van der Waals surface area contributed by atoms with Crippen molar-refractivity contribution in [1.82, 2.24) is 0 Å². The van der Waals surface area contributed by atoms with Crippen LogP contribution in [0.25, 0.3) is 0 Å². The lowest BCUT2D eigenvalue weighted by Gasteiger charge is -2.29. The molecule has 0 aliphatic heterocycles. The zero-order chi connectivity index (χ0) is 13.2. The maximum atomic E-state index is 13.7. The molecule has 0 bridgehead atoms. The van der Waals surface area contributed by atoms with Crippen molar-refractivity contribution in [2.24, 2.45) is 11.1 Å². The number of esters is 1. The summed E-state index contributed by atoms with van der Waals surface area (Å²) in [5.41, 5.74) is 5.26. The van der Waals surface area contributed by atoms with E-state index in [1.807, 2.05) is 0 Å². The summed E-state index contributed by atoms with van der Waals surface area (Å²) >= 11 is 3.17. The van der Waals surface area contributed by atoms with Crippen molar-refractivity contribution in [3.63, 3.8) is 0 Å². The summed E-state index contributed by atoms with van der Waals surface area (Å²) in [6.45, 7) is 3.26. The van der Waals surface area contributed by atoms with E-state index in [1.54, 1.807) is 26.0 Å². The highest BCUT2D eigenvalue weighted by atomic mass is 79.9. The van der Waals surface area contributed by atoms with Gasteiger partial charge in [0.15, 0.2) is 0 Å². The minimum Gasteiger partial charge on any atom is -0.469 e. The van der Waals surface area contributed by atoms with Crippen LogP contribution in [0.4, 0.5) is 4.39 Å². The Balaban J connectivity index is 3.11. The summed E-state index contributed by atoms with van der Waals surface area (Å²) in [5.74, 6) is -0.906. The van der Waals surface area contributed by atoms with Crippen LogP contribution in [0, 0.1) is 11.2 Å².